The number of aromatic nitrogens is 1. The van der Waals surface area contributed by atoms with E-state index in [1.165, 1.54) is 12.1 Å². The van der Waals surface area contributed by atoms with Gasteiger partial charge in [-0.1, -0.05) is 12.1 Å². The first-order valence-electron chi connectivity index (χ1n) is 5.68. The quantitative estimate of drug-likeness (QED) is 0.790. The van der Waals surface area contributed by atoms with Gasteiger partial charge in [-0.2, -0.15) is 0 Å². The molecule has 5 heteroatoms. The molecular weight excluding hydrogens is 246 g/mol. The monoisotopic (exact) mass is 259 g/mol. The lowest BCUT2D eigenvalue weighted by molar-refractivity contribution is 0.0682. The van der Waals surface area contributed by atoms with E-state index < -0.39 is 11.9 Å². The molecular formula is C14H13NO4. The van der Waals surface area contributed by atoms with Gasteiger partial charge in [-0.05, 0) is 37.1 Å². The molecule has 0 saturated carbocycles. The van der Waals surface area contributed by atoms with Crippen molar-refractivity contribution >= 4 is 11.9 Å². The third-order valence-electron chi connectivity index (χ3n) is 3.07. The second-order valence-electron chi connectivity index (χ2n) is 4.31. The summed E-state index contributed by atoms with van der Waals surface area (Å²) in [5.74, 6) is -1.99. The van der Waals surface area contributed by atoms with Crippen molar-refractivity contribution in [1.82, 2.24) is 4.98 Å². The number of carboxylic acid groups (broad SMARTS) is 2. The average molecular weight is 259 g/mol. The van der Waals surface area contributed by atoms with Crippen LogP contribution in [0.5, 0.6) is 0 Å². The van der Waals surface area contributed by atoms with Gasteiger partial charge in [-0.25, -0.2) is 9.59 Å². The number of aromatic carboxylic acids is 2. The first kappa shape index (κ1) is 12.9. The van der Waals surface area contributed by atoms with Crippen LogP contribution in [0, 0.1) is 13.8 Å². The van der Waals surface area contributed by atoms with Gasteiger partial charge in [0.25, 0.3) is 0 Å². The molecule has 0 bridgehead atoms. The summed E-state index contributed by atoms with van der Waals surface area (Å²) >= 11 is 0. The largest absolute Gasteiger partial charge is 0.478 e. The number of hydrogen-bond donors (Lipinski definition) is 3. The van der Waals surface area contributed by atoms with Crippen LogP contribution >= 0.6 is 0 Å². The molecule has 1 aromatic carbocycles. The number of benzene rings is 1. The zero-order valence-electron chi connectivity index (χ0n) is 10.5. The minimum Gasteiger partial charge on any atom is -0.478 e. The van der Waals surface area contributed by atoms with Crippen molar-refractivity contribution in [3.05, 3.63) is 46.8 Å². The highest BCUT2D eigenvalue weighted by Gasteiger charge is 2.17. The van der Waals surface area contributed by atoms with E-state index in [1.54, 1.807) is 26.0 Å². The highest BCUT2D eigenvalue weighted by atomic mass is 16.4. The second-order valence-corrected chi connectivity index (χ2v) is 4.31. The minimum atomic E-state index is -1.01. The molecule has 5 nitrogen and oxygen atoms in total. The molecule has 1 heterocycles. The standard InChI is InChI=1S/C14H13NO4/c1-7-11(8(2)15-12(7)14(18)19)9-3-5-10(6-4-9)13(16)17/h3-6,15H,1-2H3,(H,16,17)(H,18,19). The molecule has 0 spiro atoms. The fourth-order valence-electron chi connectivity index (χ4n) is 2.18. The van der Waals surface area contributed by atoms with E-state index in [0.29, 0.717) is 5.56 Å². The lowest BCUT2D eigenvalue weighted by Gasteiger charge is -2.03. The van der Waals surface area contributed by atoms with Crippen molar-refractivity contribution in [2.45, 2.75) is 13.8 Å². The summed E-state index contributed by atoms with van der Waals surface area (Å²) in [7, 11) is 0. The van der Waals surface area contributed by atoms with E-state index in [9.17, 15) is 9.59 Å². The maximum Gasteiger partial charge on any atom is 0.352 e. The number of carbonyl (C=O) groups is 2. The number of carboxylic acids is 2. The highest BCUT2D eigenvalue weighted by Crippen LogP contribution is 2.29. The van der Waals surface area contributed by atoms with Gasteiger partial charge in [0.2, 0.25) is 0 Å². The van der Waals surface area contributed by atoms with E-state index in [-0.39, 0.29) is 11.3 Å². The molecule has 0 fully saturated rings. The second kappa shape index (κ2) is 4.61. The zero-order valence-corrected chi connectivity index (χ0v) is 10.5. The van der Waals surface area contributed by atoms with Crippen LogP contribution in [-0.2, 0) is 0 Å². The normalized spacial score (nSPS) is 10.4. The van der Waals surface area contributed by atoms with Crippen LogP contribution in [0.25, 0.3) is 11.1 Å². The Kier molecular flexibility index (Phi) is 3.12. The molecule has 2 rings (SSSR count). The Hall–Kier alpha value is -2.56. The van der Waals surface area contributed by atoms with Gasteiger partial charge in [0, 0.05) is 11.3 Å². The number of nitrogens with one attached hydrogen (secondary N) is 1. The number of H-pyrrole nitrogens is 1. The Morgan fingerprint density at radius 1 is 1.00 bits per heavy atom. The van der Waals surface area contributed by atoms with Gasteiger partial charge in [-0.15, -0.1) is 0 Å². The lowest BCUT2D eigenvalue weighted by Crippen LogP contribution is -1.98. The fraction of sp³-hybridized carbons (Fsp3) is 0.143. The number of aromatic amines is 1. The first-order valence-corrected chi connectivity index (χ1v) is 5.68. The fourth-order valence-corrected chi connectivity index (χ4v) is 2.18. The van der Waals surface area contributed by atoms with Gasteiger partial charge in [0.05, 0.1) is 5.56 Å². The molecule has 0 aliphatic rings. The Bertz CT molecular complexity index is 653. The molecule has 0 saturated heterocycles. The van der Waals surface area contributed by atoms with Gasteiger partial charge in [-0.3, -0.25) is 0 Å². The molecule has 0 unspecified atom stereocenters. The first-order chi connectivity index (χ1) is 8.91. The van der Waals surface area contributed by atoms with Crippen molar-refractivity contribution < 1.29 is 19.8 Å². The highest BCUT2D eigenvalue weighted by molar-refractivity contribution is 5.92. The van der Waals surface area contributed by atoms with E-state index in [2.05, 4.69) is 4.98 Å². The van der Waals surface area contributed by atoms with E-state index in [4.69, 9.17) is 10.2 Å². The van der Waals surface area contributed by atoms with Crippen LogP contribution in [0.3, 0.4) is 0 Å². The Morgan fingerprint density at radius 2 is 1.58 bits per heavy atom. The summed E-state index contributed by atoms with van der Waals surface area (Å²) < 4.78 is 0. The average Bonchev–Trinajstić information content (AvgIpc) is 2.65. The lowest BCUT2D eigenvalue weighted by atomic mass is 10.00. The number of aryl methyl sites for hydroxylation is 1. The van der Waals surface area contributed by atoms with Crippen molar-refractivity contribution in [3.8, 4) is 11.1 Å². The Balaban J connectivity index is 2.53. The molecule has 1 aromatic heterocycles. The molecule has 0 radical (unpaired) electrons. The number of hydrogen-bond acceptors (Lipinski definition) is 2. The smallest absolute Gasteiger partial charge is 0.352 e. The maximum absolute atomic E-state index is 11.1. The van der Waals surface area contributed by atoms with Crippen LogP contribution in [0.4, 0.5) is 0 Å². The predicted octanol–water partition coefficient (Wildman–Crippen LogP) is 2.69. The Morgan fingerprint density at radius 3 is 2.00 bits per heavy atom. The molecule has 98 valence electrons. The molecule has 0 aliphatic heterocycles. The van der Waals surface area contributed by atoms with E-state index >= 15 is 0 Å². The van der Waals surface area contributed by atoms with Crippen LogP contribution in [-0.4, -0.2) is 27.1 Å². The summed E-state index contributed by atoms with van der Waals surface area (Å²) in [5, 5.41) is 17.9. The van der Waals surface area contributed by atoms with Crippen molar-refractivity contribution in [1.29, 1.82) is 0 Å². The SMILES string of the molecule is Cc1[nH]c(C(=O)O)c(C)c1-c1ccc(C(=O)O)cc1. The van der Waals surface area contributed by atoms with Crippen molar-refractivity contribution in [2.24, 2.45) is 0 Å². The number of rotatable bonds is 3. The molecule has 0 amide bonds. The van der Waals surface area contributed by atoms with E-state index in [0.717, 1.165) is 16.8 Å². The van der Waals surface area contributed by atoms with Crippen molar-refractivity contribution in [3.63, 3.8) is 0 Å². The summed E-state index contributed by atoms with van der Waals surface area (Å²) in [6.45, 7) is 3.52. The molecule has 3 N–H and O–H groups in total. The molecule has 2 aromatic rings. The topological polar surface area (TPSA) is 90.4 Å². The van der Waals surface area contributed by atoms with Gasteiger partial charge >= 0.3 is 11.9 Å². The summed E-state index contributed by atoms with van der Waals surface area (Å²) in [5.41, 5.74) is 3.35. The molecule has 0 aliphatic carbocycles. The maximum atomic E-state index is 11.1. The Labute approximate surface area is 109 Å². The summed E-state index contributed by atoms with van der Waals surface area (Å²) in [6, 6.07) is 6.37. The molecule has 0 atom stereocenters. The predicted molar refractivity (Wildman–Crippen MR) is 69.6 cm³/mol. The zero-order chi connectivity index (χ0) is 14.2. The van der Waals surface area contributed by atoms with Crippen molar-refractivity contribution in [2.75, 3.05) is 0 Å². The third kappa shape index (κ3) is 2.22. The summed E-state index contributed by atoms with van der Waals surface area (Å²) in [6.07, 6.45) is 0. The van der Waals surface area contributed by atoms with E-state index in [1.807, 2.05) is 0 Å². The van der Waals surface area contributed by atoms with Gasteiger partial charge < -0.3 is 15.2 Å². The van der Waals surface area contributed by atoms with Crippen LogP contribution < -0.4 is 0 Å². The van der Waals surface area contributed by atoms with Crippen LogP contribution in [0.1, 0.15) is 32.1 Å². The van der Waals surface area contributed by atoms with Gasteiger partial charge in [0.15, 0.2) is 0 Å². The summed E-state index contributed by atoms with van der Waals surface area (Å²) in [4.78, 5) is 24.7. The molecule has 19 heavy (non-hydrogen) atoms. The minimum absolute atomic E-state index is 0.162. The van der Waals surface area contributed by atoms with Crippen LogP contribution in [0.2, 0.25) is 0 Å². The van der Waals surface area contributed by atoms with Gasteiger partial charge in [0.1, 0.15) is 5.69 Å². The third-order valence-corrected chi connectivity index (χ3v) is 3.07. The van der Waals surface area contributed by atoms with Crippen LogP contribution in [0.15, 0.2) is 24.3 Å².